The minimum atomic E-state index is -0.397. The molecular weight excluding hydrogens is 256 g/mol. The van der Waals surface area contributed by atoms with E-state index in [0.29, 0.717) is 18.2 Å². The molecule has 3 N–H and O–H groups in total. The van der Waals surface area contributed by atoms with E-state index < -0.39 is 5.60 Å². The van der Waals surface area contributed by atoms with Crippen molar-refractivity contribution in [2.75, 3.05) is 19.6 Å². The number of ether oxygens (including phenoxy) is 2. The predicted octanol–water partition coefficient (Wildman–Crippen LogP) is 2.10. The van der Waals surface area contributed by atoms with Crippen molar-refractivity contribution < 1.29 is 9.47 Å². The van der Waals surface area contributed by atoms with E-state index in [9.17, 15) is 0 Å². The second kappa shape index (κ2) is 6.97. The Bertz CT molecular complexity index is 431. The number of nitrogens with one attached hydrogen (secondary N) is 1. The fourth-order valence-corrected chi connectivity index (χ4v) is 2.82. The van der Waals surface area contributed by atoms with Crippen LogP contribution in [0.1, 0.15) is 50.0 Å². The van der Waals surface area contributed by atoms with Gasteiger partial charge in [0, 0.05) is 20.3 Å². The number of rotatable bonds is 5. The van der Waals surface area contributed by atoms with Crippen LogP contribution in [0.25, 0.3) is 0 Å². The number of hydrogen-bond donors (Lipinski definition) is 2. The van der Waals surface area contributed by atoms with Crippen molar-refractivity contribution in [3.05, 3.63) is 17.6 Å². The van der Waals surface area contributed by atoms with E-state index in [-0.39, 0.29) is 0 Å². The zero-order chi connectivity index (χ0) is 14.4. The second-order valence-corrected chi connectivity index (χ2v) is 5.26. The Kier molecular flexibility index (Phi) is 5.28. The van der Waals surface area contributed by atoms with Gasteiger partial charge >= 0.3 is 0 Å². The van der Waals surface area contributed by atoms with Crippen LogP contribution in [0.3, 0.4) is 0 Å². The lowest BCUT2D eigenvalue weighted by molar-refractivity contribution is -0.0354. The fourth-order valence-electron chi connectivity index (χ4n) is 2.82. The normalized spacial score (nSPS) is 18.6. The molecule has 6 nitrogen and oxygen atoms in total. The van der Waals surface area contributed by atoms with Gasteiger partial charge in [-0.15, -0.1) is 0 Å². The van der Waals surface area contributed by atoms with Crippen molar-refractivity contribution in [1.29, 1.82) is 0 Å². The summed E-state index contributed by atoms with van der Waals surface area (Å²) in [5.74, 6) is 6.82. The number of aromatic nitrogens is 2. The van der Waals surface area contributed by atoms with Gasteiger partial charge in [0.2, 0.25) is 0 Å². The van der Waals surface area contributed by atoms with Crippen molar-refractivity contribution in [3.8, 4) is 0 Å². The number of nitrogen functional groups attached to an aromatic ring is 1. The number of nitrogens with zero attached hydrogens (tertiary/aromatic N) is 2. The summed E-state index contributed by atoms with van der Waals surface area (Å²) in [7, 11) is 3.39. The highest BCUT2D eigenvalue weighted by Crippen LogP contribution is 2.37. The Morgan fingerprint density at radius 2 is 1.90 bits per heavy atom. The summed E-state index contributed by atoms with van der Waals surface area (Å²) in [6, 6.07) is 1.80. The summed E-state index contributed by atoms with van der Waals surface area (Å²) >= 11 is 0. The Labute approximate surface area is 120 Å². The van der Waals surface area contributed by atoms with Gasteiger partial charge in [0.15, 0.2) is 5.82 Å². The number of anilines is 1. The molecule has 1 heterocycles. The van der Waals surface area contributed by atoms with Crippen LogP contribution in [0.15, 0.2) is 6.07 Å². The van der Waals surface area contributed by atoms with Gasteiger partial charge < -0.3 is 14.9 Å². The fraction of sp³-hybridized carbons (Fsp3) is 0.714. The third-order valence-electron chi connectivity index (χ3n) is 3.93. The van der Waals surface area contributed by atoms with E-state index in [1.54, 1.807) is 20.3 Å². The summed E-state index contributed by atoms with van der Waals surface area (Å²) in [6.45, 7) is 0.435. The SMILES string of the molecule is COCc1cc(NN)nc(C2(OC)CCCCCC2)n1. The van der Waals surface area contributed by atoms with Crippen LogP contribution in [0, 0.1) is 0 Å². The van der Waals surface area contributed by atoms with Crippen molar-refractivity contribution in [3.63, 3.8) is 0 Å². The second-order valence-electron chi connectivity index (χ2n) is 5.26. The minimum Gasteiger partial charge on any atom is -0.378 e. The minimum absolute atomic E-state index is 0.397. The third kappa shape index (κ3) is 3.26. The van der Waals surface area contributed by atoms with E-state index in [0.717, 1.165) is 31.4 Å². The molecule has 0 aromatic carbocycles. The number of methoxy groups -OCH3 is 2. The largest absolute Gasteiger partial charge is 0.378 e. The summed E-state index contributed by atoms with van der Waals surface area (Å²) in [5.41, 5.74) is 3.01. The van der Waals surface area contributed by atoms with Crippen LogP contribution in [-0.2, 0) is 21.7 Å². The van der Waals surface area contributed by atoms with Gasteiger partial charge in [0.1, 0.15) is 11.4 Å². The lowest BCUT2D eigenvalue weighted by atomic mass is 9.93. The molecule has 112 valence electrons. The van der Waals surface area contributed by atoms with Crippen molar-refractivity contribution in [1.82, 2.24) is 9.97 Å². The van der Waals surface area contributed by atoms with Crippen molar-refractivity contribution in [2.24, 2.45) is 5.84 Å². The first kappa shape index (κ1) is 15.2. The van der Waals surface area contributed by atoms with E-state index in [4.69, 9.17) is 15.3 Å². The predicted molar refractivity (Wildman–Crippen MR) is 76.9 cm³/mol. The molecule has 0 amide bonds. The molecular formula is C14H24N4O2. The van der Waals surface area contributed by atoms with Gasteiger partial charge in [-0.1, -0.05) is 25.7 Å². The molecule has 0 aliphatic heterocycles. The van der Waals surface area contributed by atoms with E-state index in [1.807, 2.05) is 0 Å². The first-order chi connectivity index (χ1) is 9.74. The molecule has 20 heavy (non-hydrogen) atoms. The van der Waals surface area contributed by atoms with E-state index in [1.165, 1.54) is 12.8 Å². The smallest absolute Gasteiger partial charge is 0.162 e. The Morgan fingerprint density at radius 1 is 1.20 bits per heavy atom. The first-order valence-corrected chi connectivity index (χ1v) is 7.13. The lowest BCUT2D eigenvalue weighted by Gasteiger charge is -2.30. The third-order valence-corrected chi connectivity index (χ3v) is 3.93. The summed E-state index contributed by atoms with van der Waals surface area (Å²) < 4.78 is 11.0. The Morgan fingerprint density at radius 3 is 2.45 bits per heavy atom. The van der Waals surface area contributed by atoms with Gasteiger partial charge in [-0.3, -0.25) is 0 Å². The molecule has 0 unspecified atom stereocenters. The molecule has 0 spiro atoms. The van der Waals surface area contributed by atoms with Gasteiger partial charge in [-0.05, 0) is 12.8 Å². The highest BCUT2D eigenvalue weighted by atomic mass is 16.5. The van der Waals surface area contributed by atoms with Crippen LogP contribution in [0.5, 0.6) is 0 Å². The van der Waals surface area contributed by atoms with Crippen molar-refractivity contribution in [2.45, 2.75) is 50.7 Å². The first-order valence-electron chi connectivity index (χ1n) is 7.13. The monoisotopic (exact) mass is 280 g/mol. The molecule has 1 aromatic rings. The topological polar surface area (TPSA) is 82.3 Å². The van der Waals surface area contributed by atoms with Gasteiger partial charge in [0.05, 0.1) is 12.3 Å². The number of hydrazine groups is 1. The highest BCUT2D eigenvalue weighted by Gasteiger charge is 2.36. The zero-order valence-corrected chi connectivity index (χ0v) is 12.3. The molecule has 1 aromatic heterocycles. The summed E-state index contributed by atoms with van der Waals surface area (Å²) in [6.07, 6.45) is 6.65. The Balaban J connectivity index is 2.38. The summed E-state index contributed by atoms with van der Waals surface area (Å²) in [4.78, 5) is 9.14. The van der Waals surface area contributed by atoms with Crippen LogP contribution in [-0.4, -0.2) is 24.2 Å². The molecule has 6 heteroatoms. The average Bonchev–Trinajstić information content (AvgIpc) is 2.73. The molecule has 1 saturated carbocycles. The highest BCUT2D eigenvalue weighted by molar-refractivity contribution is 5.35. The average molecular weight is 280 g/mol. The quantitative estimate of drug-likeness (QED) is 0.488. The maximum absolute atomic E-state index is 5.84. The molecule has 0 saturated heterocycles. The molecule has 1 aliphatic carbocycles. The lowest BCUT2D eigenvalue weighted by Crippen LogP contribution is -2.31. The standard InChI is InChI=1S/C14H24N4O2/c1-19-10-11-9-12(18-15)17-13(16-11)14(20-2)7-5-3-4-6-8-14/h9H,3-8,10,15H2,1-2H3,(H,16,17,18). The Hall–Kier alpha value is -1.24. The summed E-state index contributed by atoms with van der Waals surface area (Å²) in [5, 5.41) is 0. The van der Waals surface area contributed by atoms with E-state index >= 15 is 0 Å². The zero-order valence-electron chi connectivity index (χ0n) is 12.3. The molecule has 0 atom stereocenters. The van der Waals surface area contributed by atoms with Gasteiger partial charge in [-0.25, -0.2) is 15.8 Å². The van der Waals surface area contributed by atoms with Gasteiger partial charge in [-0.2, -0.15) is 0 Å². The molecule has 0 bridgehead atoms. The maximum Gasteiger partial charge on any atom is 0.162 e. The van der Waals surface area contributed by atoms with Crippen LogP contribution < -0.4 is 11.3 Å². The maximum atomic E-state index is 5.84. The number of nitrogens with two attached hydrogens (primary N) is 1. The van der Waals surface area contributed by atoms with Gasteiger partial charge in [0.25, 0.3) is 0 Å². The molecule has 1 fully saturated rings. The molecule has 0 radical (unpaired) electrons. The van der Waals surface area contributed by atoms with Crippen LogP contribution in [0.2, 0.25) is 0 Å². The van der Waals surface area contributed by atoms with Crippen LogP contribution >= 0.6 is 0 Å². The molecule has 1 aliphatic rings. The molecule has 2 rings (SSSR count). The van der Waals surface area contributed by atoms with Crippen LogP contribution in [0.4, 0.5) is 5.82 Å². The van der Waals surface area contributed by atoms with E-state index in [2.05, 4.69) is 15.4 Å². The number of hydrogen-bond acceptors (Lipinski definition) is 6. The van der Waals surface area contributed by atoms with Crippen molar-refractivity contribution >= 4 is 5.82 Å².